The highest BCUT2D eigenvalue weighted by Crippen LogP contribution is 2.20. The first-order chi connectivity index (χ1) is 8.19. The molecule has 0 bridgehead atoms. The van der Waals surface area contributed by atoms with Crippen molar-refractivity contribution in [3.05, 3.63) is 53.6 Å². The average molecular weight is 228 g/mol. The normalized spacial score (nSPS) is 10.2. The van der Waals surface area contributed by atoms with Crippen molar-refractivity contribution in [1.29, 1.82) is 0 Å². The summed E-state index contributed by atoms with van der Waals surface area (Å²) in [5.41, 5.74) is 15.4. The second-order valence-electron chi connectivity index (χ2n) is 3.98. The van der Waals surface area contributed by atoms with Crippen molar-refractivity contribution in [2.24, 2.45) is 0 Å². The minimum absolute atomic E-state index is 0.739. The lowest BCUT2D eigenvalue weighted by Crippen LogP contribution is -1.97. The van der Waals surface area contributed by atoms with Crippen molar-refractivity contribution in [3.8, 4) is 5.75 Å². The molecule has 3 heteroatoms. The van der Waals surface area contributed by atoms with Gasteiger partial charge in [-0.25, -0.2) is 0 Å². The van der Waals surface area contributed by atoms with Gasteiger partial charge in [-0.15, -0.1) is 0 Å². The van der Waals surface area contributed by atoms with E-state index in [4.69, 9.17) is 16.2 Å². The van der Waals surface area contributed by atoms with Gasteiger partial charge < -0.3 is 16.2 Å². The SMILES string of the molecule is COc1ccc(Cc2cc(N)ccc2N)cc1. The third-order valence-corrected chi connectivity index (χ3v) is 2.72. The smallest absolute Gasteiger partial charge is 0.118 e. The summed E-state index contributed by atoms with van der Waals surface area (Å²) in [6.07, 6.45) is 0.779. The van der Waals surface area contributed by atoms with Crippen LogP contribution in [-0.2, 0) is 6.42 Å². The largest absolute Gasteiger partial charge is 0.497 e. The molecule has 2 rings (SSSR count). The molecule has 0 aromatic heterocycles. The molecule has 88 valence electrons. The Hall–Kier alpha value is -2.16. The van der Waals surface area contributed by atoms with Crippen LogP contribution >= 0.6 is 0 Å². The molecule has 3 nitrogen and oxygen atoms in total. The monoisotopic (exact) mass is 228 g/mol. The first-order valence-electron chi connectivity index (χ1n) is 5.46. The highest BCUT2D eigenvalue weighted by atomic mass is 16.5. The molecule has 4 N–H and O–H groups in total. The van der Waals surface area contributed by atoms with Crippen molar-refractivity contribution >= 4 is 11.4 Å². The van der Waals surface area contributed by atoms with Gasteiger partial charge in [0.15, 0.2) is 0 Å². The highest BCUT2D eigenvalue weighted by molar-refractivity contribution is 5.56. The molecule has 0 aliphatic rings. The fraction of sp³-hybridized carbons (Fsp3) is 0.143. The van der Waals surface area contributed by atoms with Crippen LogP contribution in [0.1, 0.15) is 11.1 Å². The number of benzene rings is 2. The molecule has 2 aromatic carbocycles. The Labute approximate surface area is 101 Å². The number of nitrogens with two attached hydrogens (primary N) is 2. The molecule has 0 atom stereocenters. The van der Waals surface area contributed by atoms with Gasteiger partial charge in [0.25, 0.3) is 0 Å². The third kappa shape index (κ3) is 2.69. The second kappa shape index (κ2) is 4.78. The lowest BCUT2D eigenvalue weighted by molar-refractivity contribution is 0.414. The molecule has 0 aliphatic carbocycles. The Morgan fingerprint density at radius 3 is 2.35 bits per heavy atom. The first-order valence-corrected chi connectivity index (χ1v) is 5.46. The van der Waals surface area contributed by atoms with E-state index in [1.807, 2.05) is 42.5 Å². The van der Waals surface area contributed by atoms with Crippen molar-refractivity contribution in [2.75, 3.05) is 18.6 Å². The zero-order chi connectivity index (χ0) is 12.3. The number of ether oxygens (including phenoxy) is 1. The van der Waals surface area contributed by atoms with Crippen LogP contribution in [0.3, 0.4) is 0 Å². The summed E-state index contributed by atoms with van der Waals surface area (Å²) in [6.45, 7) is 0. The van der Waals surface area contributed by atoms with Gasteiger partial charge in [-0.1, -0.05) is 12.1 Å². The predicted octanol–water partition coefficient (Wildman–Crippen LogP) is 2.45. The summed E-state index contributed by atoms with van der Waals surface area (Å²) in [5.74, 6) is 0.856. The van der Waals surface area contributed by atoms with E-state index in [0.717, 1.165) is 29.1 Å². The minimum atomic E-state index is 0.739. The molecule has 0 saturated heterocycles. The van der Waals surface area contributed by atoms with Crippen LogP contribution in [-0.4, -0.2) is 7.11 Å². The number of rotatable bonds is 3. The van der Waals surface area contributed by atoms with Crippen molar-refractivity contribution in [3.63, 3.8) is 0 Å². The Morgan fingerprint density at radius 2 is 1.71 bits per heavy atom. The molecule has 2 aromatic rings. The minimum Gasteiger partial charge on any atom is -0.497 e. The van der Waals surface area contributed by atoms with Crippen LogP contribution in [0.25, 0.3) is 0 Å². The summed E-state index contributed by atoms with van der Waals surface area (Å²) < 4.78 is 5.12. The Balaban J connectivity index is 2.22. The molecule has 0 radical (unpaired) electrons. The molecule has 0 spiro atoms. The topological polar surface area (TPSA) is 61.3 Å². The predicted molar refractivity (Wildman–Crippen MR) is 71.1 cm³/mol. The van der Waals surface area contributed by atoms with E-state index < -0.39 is 0 Å². The summed E-state index contributed by atoms with van der Waals surface area (Å²) in [6, 6.07) is 13.5. The van der Waals surface area contributed by atoms with Gasteiger partial charge in [0.2, 0.25) is 0 Å². The first kappa shape index (κ1) is 11.3. The number of hydrogen-bond donors (Lipinski definition) is 2. The standard InChI is InChI=1S/C14H16N2O/c1-17-13-5-2-10(3-6-13)8-11-9-12(15)4-7-14(11)16/h2-7,9H,8,15-16H2,1H3. The van der Waals surface area contributed by atoms with Gasteiger partial charge in [0.05, 0.1) is 7.11 Å². The number of hydrogen-bond acceptors (Lipinski definition) is 3. The Morgan fingerprint density at radius 1 is 1.00 bits per heavy atom. The maximum atomic E-state index is 5.91. The van der Waals surface area contributed by atoms with Gasteiger partial charge >= 0.3 is 0 Å². The van der Waals surface area contributed by atoms with E-state index >= 15 is 0 Å². The van der Waals surface area contributed by atoms with Gasteiger partial charge in [-0.2, -0.15) is 0 Å². The lowest BCUT2D eigenvalue weighted by atomic mass is 10.0. The quantitative estimate of drug-likeness (QED) is 0.793. The highest BCUT2D eigenvalue weighted by Gasteiger charge is 2.02. The number of methoxy groups -OCH3 is 1. The summed E-state index contributed by atoms with van der Waals surface area (Å²) in [7, 11) is 1.66. The van der Waals surface area contributed by atoms with Crippen molar-refractivity contribution in [1.82, 2.24) is 0 Å². The number of nitrogen functional groups attached to an aromatic ring is 2. The maximum absolute atomic E-state index is 5.91. The van der Waals surface area contributed by atoms with Crippen LogP contribution < -0.4 is 16.2 Å². The second-order valence-corrected chi connectivity index (χ2v) is 3.98. The van der Waals surface area contributed by atoms with Crippen LogP contribution in [0, 0.1) is 0 Å². The van der Waals surface area contributed by atoms with Gasteiger partial charge in [0, 0.05) is 11.4 Å². The van der Waals surface area contributed by atoms with Crippen molar-refractivity contribution < 1.29 is 4.74 Å². The maximum Gasteiger partial charge on any atom is 0.118 e. The van der Waals surface area contributed by atoms with Crippen LogP contribution in [0.2, 0.25) is 0 Å². The Bertz CT molecular complexity index is 506. The summed E-state index contributed by atoms with van der Waals surface area (Å²) in [5, 5.41) is 0. The van der Waals surface area contributed by atoms with Gasteiger partial charge in [-0.3, -0.25) is 0 Å². The lowest BCUT2D eigenvalue weighted by Gasteiger charge is -2.07. The molecule has 0 aliphatic heterocycles. The van der Waals surface area contributed by atoms with E-state index in [1.165, 1.54) is 5.56 Å². The molecular formula is C14H16N2O. The molecule has 0 amide bonds. The van der Waals surface area contributed by atoms with Crippen LogP contribution in [0.4, 0.5) is 11.4 Å². The van der Waals surface area contributed by atoms with E-state index in [2.05, 4.69) is 0 Å². The third-order valence-electron chi connectivity index (χ3n) is 2.72. The average Bonchev–Trinajstić information content (AvgIpc) is 2.35. The fourth-order valence-electron chi connectivity index (χ4n) is 1.74. The zero-order valence-electron chi connectivity index (χ0n) is 9.81. The summed E-state index contributed by atoms with van der Waals surface area (Å²) >= 11 is 0. The van der Waals surface area contributed by atoms with E-state index in [-0.39, 0.29) is 0 Å². The van der Waals surface area contributed by atoms with Crippen molar-refractivity contribution in [2.45, 2.75) is 6.42 Å². The molecule has 0 saturated carbocycles. The molecule has 0 heterocycles. The Kier molecular flexibility index (Phi) is 3.19. The summed E-state index contributed by atoms with van der Waals surface area (Å²) in [4.78, 5) is 0. The van der Waals surface area contributed by atoms with E-state index in [9.17, 15) is 0 Å². The van der Waals surface area contributed by atoms with Crippen LogP contribution in [0.15, 0.2) is 42.5 Å². The van der Waals surface area contributed by atoms with Gasteiger partial charge in [-0.05, 0) is 47.9 Å². The molecule has 0 fully saturated rings. The molecule has 17 heavy (non-hydrogen) atoms. The van der Waals surface area contributed by atoms with Gasteiger partial charge in [0.1, 0.15) is 5.75 Å². The fourth-order valence-corrected chi connectivity index (χ4v) is 1.74. The molecule has 0 unspecified atom stereocenters. The van der Waals surface area contributed by atoms with E-state index in [0.29, 0.717) is 0 Å². The number of anilines is 2. The zero-order valence-corrected chi connectivity index (χ0v) is 9.81. The van der Waals surface area contributed by atoms with Crippen LogP contribution in [0.5, 0.6) is 5.75 Å². The molecular weight excluding hydrogens is 212 g/mol. The van der Waals surface area contributed by atoms with E-state index in [1.54, 1.807) is 7.11 Å².